The highest BCUT2D eigenvalue weighted by Crippen LogP contribution is 2.29. The van der Waals surface area contributed by atoms with E-state index in [1.165, 1.54) is 5.56 Å². The van der Waals surface area contributed by atoms with Crippen LogP contribution in [0.5, 0.6) is 11.5 Å². The average Bonchev–Trinajstić information content (AvgIpc) is 3.33. The van der Waals surface area contributed by atoms with Gasteiger partial charge in [-0.15, -0.1) is 0 Å². The van der Waals surface area contributed by atoms with E-state index in [2.05, 4.69) is 22.0 Å². The fourth-order valence-electron chi connectivity index (χ4n) is 4.14. The number of amides is 1. The van der Waals surface area contributed by atoms with Crippen LogP contribution in [0.3, 0.4) is 0 Å². The molecule has 0 atom stereocenters. The minimum absolute atomic E-state index is 0.0218. The lowest BCUT2D eigenvalue weighted by Crippen LogP contribution is -2.48. The van der Waals surface area contributed by atoms with Crippen LogP contribution in [-0.2, 0) is 6.42 Å². The smallest absolute Gasteiger partial charge is 0.254 e. The Morgan fingerprint density at radius 1 is 1.06 bits per heavy atom. The van der Waals surface area contributed by atoms with Crippen LogP contribution in [0, 0.1) is 6.92 Å². The summed E-state index contributed by atoms with van der Waals surface area (Å²) in [5.41, 5.74) is 2.78. The Morgan fingerprint density at radius 3 is 2.49 bits per heavy atom. The maximum Gasteiger partial charge on any atom is 0.254 e. The molecule has 0 bridgehead atoms. The lowest BCUT2D eigenvalue weighted by Gasteiger charge is -2.34. The fourth-order valence-corrected chi connectivity index (χ4v) is 4.14. The zero-order valence-electron chi connectivity index (χ0n) is 21.0. The Labute approximate surface area is 206 Å². The molecular formula is C27H34N4O4. The number of aromatic nitrogens is 2. The quantitative estimate of drug-likeness (QED) is 0.455. The summed E-state index contributed by atoms with van der Waals surface area (Å²) in [5.74, 6) is 2.54. The van der Waals surface area contributed by atoms with E-state index >= 15 is 0 Å². The predicted molar refractivity (Wildman–Crippen MR) is 134 cm³/mol. The molecule has 1 aromatic heterocycles. The lowest BCUT2D eigenvalue weighted by atomic mass is 10.1. The van der Waals surface area contributed by atoms with E-state index in [1.807, 2.05) is 55.1 Å². The van der Waals surface area contributed by atoms with E-state index in [9.17, 15) is 4.79 Å². The van der Waals surface area contributed by atoms with Crippen molar-refractivity contribution in [3.63, 3.8) is 0 Å². The first-order valence-corrected chi connectivity index (χ1v) is 12.2. The van der Waals surface area contributed by atoms with Crippen LogP contribution < -0.4 is 9.47 Å². The molecule has 0 unspecified atom stereocenters. The van der Waals surface area contributed by atoms with Gasteiger partial charge < -0.3 is 18.9 Å². The molecule has 1 aliphatic rings. The van der Waals surface area contributed by atoms with E-state index in [0.717, 1.165) is 38.0 Å². The van der Waals surface area contributed by atoms with Crippen LogP contribution in [-0.4, -0.2) is 71.8 Å². The summed E-state index contributed by atoms with van der Waals surface area (Å²) in [6.07, 6.45) is 1.70. The predicted octanol–water partition coefficient (Wildman–Crippen LogP) is 4.23. The van der Waals surface area contributed by atoms with Gasteiger partial charge in [-0.25, -0.2) is 0 Å². The van der Waals surface area contributed by atoms with Crippen LogP contribution in [0.1, 0.15) is 42.1 Å². The van der Waals surface area contributed by atoms with Gasteiger partial charge in [-0.2, -0.15) is 4.98 Å². The third-order valence-corrected chi connectivity index (χ3v) is 6.08. The Kier molecular flexibility index (Phi) is 8.02. The minimum atomic E-state index is 0.0218. The second-order valence-corrected chi connectivity index (χ2v) is 9.15. The molecule has 1 saturated heterocycles. The number of methoxy groups -OCH3 is 1. The van der Waals surface area contributed by atoms with Crippen LogP contribution in [0.2, 0.25) is 0 Å². The molecule has 0 saturated carbocycles. The zero-order valence-corrected chi connectivity index (χ0v) is 21.0. The first kappa shape index (κ1) is 24.7. The number of piperazine rings is 1. The SMILES string of the molecule is COc1cc(C(=O)N2CCN(CCCc3nc(-c4ccc(C)cc4)no3)CC2)ccc1OC(C)C. The van der Waals surface area contributed by atoms with Crippen molar-refractivity contribution in [2.45, 2.75) is 39.7 Å². The summed E-state index contributed by atoms with van der Waals surface area (Å²) < 4.78 is 16.6. The third kappa shape index (κ3) is 6.39. The second kappa shape index (κ2) is 11.4. The molecule has 2 heterocycles. The second-order valence-electron chi connectivity index (χ2n) is 9.15. The summed E-state index contributed by atoms with van der Waals surface area (Å²) in [5, 5.41) is 4.11. The van der Waals surface area contributed by atoms with Gasteiger partial charge in [-0.05, 0) is 51.9 Å². The van der Waals surface area contributed by atoms with E-state index < -0.39 is 0 Å². The van der Waals surface area contributed by atoms with Gasteiger partial charge in [0.15, 0.2) is 11.5 Å². The van der Waals surface area contributed by atoms with E-state index in [4.69, 9.17) is 14.0 Å². The summed E-state index contributed by atoms with van der Waals surface area (Å²) in [6, 6.07) is 13.5. The molecule has 4 rings (SSSR count). The molecule has 3 aromatic rings. The first-order valence-electron chi connectivity index (χ1n) is 12.2. The summed E-state index contributed by atoms with van der Waals surface area (Å²) in [6.45, 7) is 9.99. The molecule has 0 N–H and O–H groups in total. The molecule has 0 radical (unpaired) electrons. The van der Waals surface area contributed by atoms with Gasteiger partial charge >= 0.3 is 0 Å². The number of carbonyl (C=O) groups excluding carboxylic acids is 1. The topological polar surface area (TPSA) is 80.9 Å². The Bertz CT molecular complexity index is 1120. The average molecular weight is 479 g/mol. The highest BCUT2D eigenvalue weighted by Gasteiger charge is 2.23. The Hall–Kier alpha value is -3.39. The minimum Gasteiger partial charge on any atom is -0.493 e. The van der Waals surface area contributed by atoms with Crippen molar-refractivity contribution < 1.29 is 18.8 Å². The first-order chi connectivity index (χ1) is 16.9. The molecule has 0 aliphatic carbocycles. The summed E-state index contributed by atoms with van der Waals surface area (Å²) >= 11 is 0. The van der Waals surface area contributed by atoms with Crippen molar-refractivity contribution in [3.05, 3.63) is 59.5 Å². The molecule has 186 valence electrons. The number of rotatable bonds is 9. The van der Waals surface area contributed by atoms with E-state index in [-0.39, 0.29) is 12.0 Å². The van der Waals surface area contributed by atoms with Crippen molar-refractivity contribution in [3.8, 4) is 22.9 Å². The number of nitrogens with zero attached hydrogens (tertiary/aromatic N) is 4. The Balaban J connectivity index is 1.23. The van der Waals surface area contributed by atoms with Crippen LogP contribution in [0.4, 0.5) is 0 Å². The highest BCUT2D eigenvalue weighted by molar-refractivity contribution is 5.95. The van der Waals surface area contributed by atoms with Gasteiger partial charge in [0, 0.05) is 43.7 Å². The largest absolute Gasteiger partial charge is 0.493 e. The fraction of sp³-hybridized carbons (Fsp3) is 0.444. The monoisotopic (exact) mass is 478 g/mol. The van der Waals surface area contributed by atoms with Crippen molar-refractivity contribution in [1.29, 1.82) is 0 Å². The van der Waals surface area contributed by atoms with Crippen molar-refractivity contribution in [1.82, 2.24) is 19.9 Å². The maximum atomic E-state index is 13.0. The lowest BCUT2D eigenvalue weighted by molar-refractivity contribution is 0.0635. The molecule has 2 aromatic carbocycles. The molecule has 1 aliphatic heterocycles. The van der Waals surface area contributed by atoms with E-state index in [0.29, 0.717) is 41.9 Å². The van der Waals surface area contributed by atoms with Crippen LogP contribution >= 0.6 is 0 Å². The third-order valence-electron chi connectivity index (χ3n) is 6.08. The zero-order chi connectivity index (χ0) is 24.8. The van der Waals surface area contributed by atoms with E-state index in [1.54, 1.807) is 13.2 Å². The highest BCUT2D eigenvalue weighted by atomic mass is 16.5. The molecular weight excluding hydrogens is 444 g/mol. The Morgan fingerprint density at radius 2 is 1.80 bits per heavy atom. The number of ether oxygens (including phenoxy) is 2. The van der Waals surface area contributed by atoms with Gasteiger partial charge in [0.2, 0.25) is 11.7 Å². The van der Waals surface area contributed by atoms with Gasteiger partial charge in [-0.1, -0.05) is 35.0 Å². The number of benzene rings is 2. The van der Waals surface area contributed by atoms with Crippen molar-refractivity contribution in [2.24, 2.45) is 0 Å². The van der Waals surface area contributed by atoms with Gasteiger partial charge in [-0.3, -0.25) is 9.69 Å². The number of hydrogen-bond donors (Lipinski definition) is 0. The van der Waals surface area contributed by atoms with Crippen molar-refractivity contribution in [2.75, 3.05) is 39.8 Å². The van der Waals surface area contributed by atoms with Gasteiger partial charge in [0.1, 0.15) is 0 Å². The summed E-state index contributed by atoms with van der Waals surface area (Å²) in [4.78, 5) is 21.8. The van der Waals surface area contributed by atoms with Crippen LogP contribution in [0.15, 0.2) is 47.0 Å². The molecule has 1 amide bonds. The van der Waals surface area contributed by atoms with Gasteiger partial charge in [0.05, 0.1) is 13.2 Å². The molecule has 8 nitrogen and oxygen atoms in total. The molecule has 8 heteroatoms. The number of carbonyl (C=O) groups is 1. The normalized spacial score (nSPS) is 14.4. The van der Waals surface area contributed by atoms with Crippen molar-refractivity contribution >= 4 is 5.91 Å². The van der Waals surface area contributed by atoms with Gasteiger partial charge in [0.25, 0.3) is 5.91 Å². The molecule has 0 spiro atoms. The van der Waals surface area contributed by atoms with Crippen LogP contribution in [0.25, 0.3) is 11.4 Å². The number of hydrogen-bond acceptors (Lipinski definition) is 7. The molecule has 35 heavy (non-hydrogen) atoms. The summed E-state index contributed by atoms with van der Waals surface area (Å²) in [7, 11) is 1.59. The molecule has 1 fully saturated rings. The maximum absolute atomic E-state index is 13.0. The standard InChI is InChI=1S/C27H34N4O4/c1-19(2)34-23-12-11-22(18-24(23)33-4)27(32)31-16-14-30(15-17-31)13-5-6-25-28-26(29-35-25)21-9-7-20(3)8-10-21/h7-12,18-19H,5-6,13-17H2,1-4H3. The number of aryl methyl sites for hydroxylation is 2.